The van der Waals surface area contributed by atoms with Gasteiger partial charge in [0.25, 0.3) is 0 Å². The molecule has 3 N–H and O–H groups in total. The molecule has 0 saturated carbocycles. The highest BCUT2D eigenvalue weighted by Gasteiger charge is 2.12. The minimum absolute atomic E-state index is 0.0790. The number of nitrogens with zero attached hydrogens (tertiary/aromatic N) is 3. The molecule has 1 amide bonds. The van der Waals surface area contributed by atoms with Crippen molar-refractivity contribution in [1.82, 2.24) is 14.9 Å². The summed E-state index contributed by atoms with van der Waals surface area (Å²) in [6.45, 7) is 5.82. The molecule has 0 saturated heterocycles. The van der Waals surface area contributed by atoms with Gasteiger partial charge in [0.2, 0.25) is 11.1 Å². The van der Waals surface area contributed by atoms with Gasteiger partial charge in [0.15, 0.2) is 0 Å². The van der Waals surface area contributed by atoms with Crippen LogP contribution in [0.3, 0.4) is 0 Å². The van der Waals surface area contributed by atoms with Gasteiger partial charge in [-0.2, -0.15) is 0 Å². The normalized spacial score (nSPS) is 10.6. The van der Waals surface area contributed by atoms with Crippen LogP contribution in [0.15, 0.2) is 23.4 Å². The molecule has 1 aromatic heterocycles. The number of para-hydroxylation sites is 1. The summed E-state index contributed by atoms with van der Waals surface area (Å²) in [5.41, 5.74) is 3.09. The van der Waals surface area contributed by atoms with E-state index in [4.69, 9.17) is 5.84 Å². The van der Waals surface area contributed by atoms with Crippen LogP contribution < -0.4 is 11.2 Å². The first-order valence-corrected chi connectivity index (χ1v) is 7.69. The number of anilines is 1. The second kappa shape index (κ2) is 6.62. The summed E-state index contributed by atoms with van der Waals surface area (Å²) in [5, 5.41) is 11.3. The van der Waals surface area contributed by atoms with Gasteiger partial charge in [0.05, 0.1) is 5.75 Å². The number of hydrogen-bond acceptors (Lipinski definition) is 5. The minimum atomic E-state index is -0.0790. The predicted octanol–water partition coefficient (Wildman–Crippen LogP) is 1.90. The Kier molecular flexibility index (Phi) is 4.85. The minimum Gasteiger partial charge on any atom is -0.336 e. The molecule has 112 valence electrons. The molecule has 0 aliphatic rings. The lowest BCUT2D eigenvalue weighted by Gasteiger charge is -2.12. The van der Waals surface area contributed by atoms with E-state index >= 15 is 0 Å². The summed E-state index contributed by atoms with van der Waals surface area (Å²) >= 11 is 1.27. The average Bonchev–Trinajstić information content (AvgIpc) is 2.79. The summed E-state index contributed by atoms with van der Waals surface area (Å²) in [4.78, 5) is 12.1. The summed E-state index contributed by atoms with van der Waals surface area (Å²) in [6, 6.07) is 6.01. The van der Waals surface area contributed by atoms with Crippen LogP contribution in [0.1, 0.15) is 23.9 Å². The molecule has 6 nitrogen and oxygen atoms in total. The van der Waals surface area contributed by atoms with Crippen molar-refractivity contribution in [2.24, 2.45) is 0 Å². The van der Waals surface area contributed by atoms with E-state index in [1.54, 1.807) is 6.92 Å². The van der Waals surface area contributed by atoms with Crippen LogP contribution in [0.4, 0.5) is 5.69 Å². The highest BCUT2D eigenvalue weighted by Crippen LogP contribution is 2.22. The molecule has 0 spiro atoms. The first kappa shape index (κ1) is 15.4. The van der Waals surface area contributed by atoms with Crippen molar-refractivity contribution in [1.29, 1.82) is 0 Å². The average molecular weight is 305 g/mol. The molecule has 2 rings (SSSR count). The molecule has 0 atom stereocenters. The van der Waals surface area contributed by atoms with Crippen LogP contribution in [-0.2, 0) is 11.2 Å². The van der Waals surface area contributed by atoms with Crippen molar-refractivity contribution in [3.63, 3.8) is 0 Å². The Balaban J connectivity index is 2.01. The fraction of sp³-hybridized carbons (Fsp3) is 0.357. The molecule has 1 heterocycles. The Morgan fingerprint density at radius 2 is 2.14 bits per heavy atom. The maximum Gasteiger partial charge on any atom is 0.234 e. The zero-order chi connectivity index (χ0) is 15.4. The van der Waals surface area contributed by atoms with Crippen molar-refractivity contribution in [2.75, 3.05) is 16.9 Å². The number of nitrogens with one attached hydrogen (secondary N) is 1. The molecule has 0 radical (unpaired) electrons. The molecule has 0 unspecified atom stereocenters. The van der Waals surface area contributed by atoms with Crippen molar-refractivity contribution >= 4 is 23.4 Å². The summed E-state index contributed by atoms with van der Waals surface area (Å²) in [7, 11) is 0. The molecule has 0 fully saturated rings. The number of thioether (sulfide) groups is 1. The van der Waals surface area contributed by atoms with Gasteiger partial charge in [-0.3, -0.25) is 4.79 Å². The van der Waals surface area contributed by atoms with Crippen molar-refractivity contribution in [3.8, 4) is 0 Å². The number of carbonyl (C=O) groups excluding carboxylic acids is 1. The number of rotatable bonds is 5. The lowest BCUT2D eigenvalue weighted by atomic mass is 10.1. The van der Waals surface area contributed by atoms with Gasteiger partial charge in [-0.15, -0.1) is 10.2 Å². The number of nitrogen functional groups attached to an aromatic ring is 1. The van der Waals surface area contributed by atoms with E-state index in [0.29, 0.717) is 11.0 Å². The molecular weight excluding hydrogens is 286 g/mol. The second-order valence-electron chi connectivity index (χ2n) is 4.70. The van der Waals surface area contributed by atoms with Gasteiger partial charge in [-0.25, -0.2) is 4.68 Å². The number of aromatic nitrogens is 3. The lowest BCUT2D eigenvalue weighted by Crippen LogP contribution is -2.18. The molecule has 1 aromatic carbocycles. The van der Waals surface area contributed by atoms with Crippen molar-refractivity contribution in [3.05, 3.63) is 35.2 Å². The molecule has 7 heteroatoms. The van der Waals surface area contributed by atoms with E-state index in [1.165, 1.54) is 16.4 Å². The molecular formula is C14H19N5OS. The number of nitrogens with two attached hydrogens (primary N) is 1. The van der Waals surface area contributed by atoms with Crippen LogP contribution in [0.2, 0.25) is 0 Å². The quantitative estimate of drug-likeness (QED) is 0.651. The van der Waals surface area contributed by atoms with Crippen molar-refractivity contribution < 1.29 is 4.79 Å². The highest BCUT2D eigenvalue weighted by molar-refractivity contribution is 7.99. The molecule has 2 aromatic rings. The van der Waals surface area contributed by atoms with Crippen molar-refractivity contribution in [2.45, 2.75) is 32.3 Å². The van der Waals surface area contributed by atoms with E-state index in [9.17, 15) is 4.79 Å². The van der Waals surface area contributed by atoms with Gasteiger partial charge in [0.1, 0.15) is 5.82 Å². The van der Waals surface area contributed by atoms with Crippen LogP contribution in [0.5, 0.6) is 0 Å². The number of amides is 1. The van der Waals surface area contributed by atoms with Crippen LogP contribution >= 0.6 is 11.8 Å². The van der Waals surface area contributed by atoms with E-state index in [0.717, 1.165) is 23.2 Å². The van der Waals surface area contributed by atoms with E-state index in [2.05, 4.69) is 22.4 Å². The van der Waals surface area contributed by atoms with Gasteiger partial charge in [-0.05, 0) is 31.4 Å². The third-order valence-electron chi connectivity index (χ3n) is 3.17. The lowest BCUT2D eigenvalue weighted by molar-refractivity contribution is -0.113. The van der Waals surface area contributed by atoms with E-state index < -0.39 is 0 Å². The third-order valence-corrected chi connectivity index (χ3v) is 4.11. The summed E-state index contributed by atoms with van der Waals surface area (Å²) in [5.74, 6) is 6.53. The highest BCUT2D eigenvalue weighted by atomic mass is 32.2. The van der Waals surface area contributed by atoms with E-state index in [-0.39, 0.29) is 11.7 Å². The molecule has 21 heavy (non-hydrogen) atoms. The van der Waals surface area contributed by atoms with Gasteiger partial charge in [-0.1, -0.05) is 36.9 Å². The fourth-order valence-corrected chi connectivity index (χ4v) is 2.66. The zero-order valence-electron chi connectivity index (χ0n) is 12.4. The number of aryl methyl sites for hydroxylation is 3. The first-order valence-electron chi connectivity index (χ1n) is 6.71. The monoisotopic (exact) mass is 305 g/mol. The fourth-order valence-electron chi connectivity index (χ4n) is 1.96. The topological polar surface area (TPSA) is 85.8 Å². The van der Waals surface area contributed by atoms with Gasteiger partial charge in [0, 0.05) is 5.69 Å². The second-order valence-corrected chi connectivity index (χ2v) is 5.64. The maximum atomic E-state index is 12.1. The standard InChI is InChI=1S/C14H19N5OS/c1-4-11-7-5-6-9(2)13(11)16-12(20)8-21-14-18-17-10(3)19(14)15/h5-7H,4,8,15H2,1-3H3,(H,16,20). The van der Waals surface area contributed by atoms with E-state index in [1.807, 2.05) is 25.1 Å². The number of hydrogen-bond donors (Lipinski definition) is 2. The van der Waals surface area contributed by atoms with Crippen LogP contribution in [0.25, 0.3) is 0 Å². The first-order chi connectivity index (χ1) is 10.0. The molecule has 0 aliphatic carbocycles. The zero-order valence-corrected chi connectivity index (χ0v) is 13.2. The maximum absolute atomic E-state index is 12.1. The van der Waals surface area contributed by atoms with Gasteiger partial charge >= 0.3 is 0 Å². The smallest absolute Gasteiger partial charge is 0.234 e. The Hall–Kier alpha value is -2.02. The Labute approximate surface area is 128 Å². The largest absolute Gasteiger partial charge is 0.336 e. The predicted molar refractivity (Wildman–Crippen MR) is 84.8 cm³/mol. The number of carbonyl (C=O) groups is 1. The number of benzene rings is 1. The van der Waals surface area contributed by atoms with Crippen LogP contribution in [-0.4, -0.2) is 26.5 Å². The Morgan fingerprint density at radius 3 is 2.76 bits per heavy atom. The van der Waals surface area contributed by atoms with Gasteiger partial charge < -0.3 is 11.2 Å². The molecule has 0 bridgehead atoms. The SMILES string of the molecule is CCc1cccc(C)c1NC(=O)CSc1nnc(C)n1N. The summed E-state index contributed by atoms with van der Waals surface area (Å²) < 4.78 is 1.38. The Morgan fingerprint density at radius 1 is 1.38 bits per heavy atom. The third kappa shape index (κ3) is 3.55. The summed E-state index contributed by atoms with van der Waals surface area (Å²) in [6.07, 6.45) is 0.876. The molecule has 0 aliphatic heterocycles. The van der Waals surface area contributed by atoms with Crippen LogP contribution in [0, 0.1) is 13.8 Å². The Bertz CT molecular complexity index is 653.